The fraction of sp³-hybridized carbons (Fsp3) is 0.238. The van der Waals surface area contributed by atoms with Gasteiger partial charge in [0.2, 0.25) is 0 Å². The molecule has 0 unspecified atom stereocenters. The smallest absolute Gasteiger partial charge is 0.144 e. The van der Waals surface area contributed by atoms with Crippen molar-refractivity contribution in [3.63, 3.8) is 0 Å². The van der Waals surface area contributed by atoms with Crippen molar-refractivity contribution >= 4 is 28.9 Å². The summed E-state index contributed by atoms with van der Waals surface area (Å²) >= 11 is 6.17. The Kier molecular flexibility index (Phi) is 6.21. The zero-order valence-electron chi connectivity index (χ0n) is 16.3. The van der Waals surface area contributed by atoms with Crippen LogP contribution in [-0.2, 0) is 6.54 Å². The fourth-order valence-electron chi connectivity index (χ4n) is 2.72. The van der Waals surface area contributed by atoms with Crippen LogP contribution in [0.5, 0.6) is 11.5 Å². The van der Waals surface area contributed by atoms with E-state index in [9.17, 15) is 0 Å². The van der Waals surface area contributed by atoms with Gasteiger partial charge in [0.25, 0.3) is 0 Å². The first kappa shape index (κ1) is 19.8. The van der Waals surface area contributed by atoms with Gasteiger partial charge < -0.3 is 20.1 Å². The highest BCUT2D eigenvalue weighted by molar-refractivity contribution is 6.32. The molecule has 3 aromatic rings. The Hall–Kier alpha value is -2.99. The molecule has 0 bridgehead atoms. The molecule has 0 aliphatic carbocycles. The van der Waals surface area contributed by atoms with Gasteiger partial charge in [-0.25, -0.2) is 9.97 Å². The monoisotopic (exact) mass is 398 g/mol. The highest BCUT2D eigenvalue weighted by Gasteiger charge is 2.12. The molecule has 1 heterocycles. The van der Waals surface area contributed by atoms with E-state index in [0.29, 0.717) is 40.4 Å². The van der Waals surface area contributed by atoms with Crippen LogP contribution in [0.3, 0.4) is 0 Å². The van der Waals surface area contributed by atoms with Gasteiger partial charge in [-0.05, 0) is 19.4 Å². The minimum atomic E-state index is 0.476. The molecule has 3 rings (SSSR count). The molecule has 2 aromatic carbocycles. The molecule has 0 amide bonds. The van der Waals surface area contributed by atoms with E-state index < -0.39 is 0 Å². The first-order valence-electron chi connectivity index (χ1n) is 8.82. The van der Waals surface area contributed by atoms with E-state index in [4.69, 9.17) is 21.1 Å². The van der Waals surface area contributed by atoms with Gasteiger partial charge >= 0.3 is 0 Å². The largest absolute Gasteiger partial charge is 0.495 e. The van der Waals surface area contributed by atoms with E-state index in [2.05, 4.69) is 51.8 Å². The van der Waals surface area contributed by atoms with Crippen LogP contribution < -0.4 is 20.1 Å². The van der Waals surface area contributed by atoms with E-state index in [1.807, 2.05) is 13.0 Å². The van der Waals surface area contributed by atoms with Gasteiger partial charge in [-0.1, -0.05) is 41.4 Å². The van der Waals surface area contributed by atoms with Crippen LogP contribution in [0, 0.1) is 13.8 Å². The van der Waals surface area contributed by atoms with E-state index in [0.717, 1.165) is 5.82 Å². The third-order valence-electron chi connectivity index (χ3n) is 4.17. The normalized spacial score (nSPS) is 10.5. The van der Waals surface area contributed by atoms with Gasteiger partial charge in [0.15, 0.2) is 0 Å². The second kappa shape index (κ2) is 8.80. The average Bonchev–Trinajstić information content (AvgIpc) is 2.68. The maximum absolute atomic E-state index is 6.17. The predicted molar refractivity (Wildman–Crippen MR) is 113 cm³/mol. The molecule has 1 aromatic heterocycles. The number of halogens is 1. The molecule has 0 aliphatic heterocycles. The summed E-state index contributed by atoms with van der Waals surface area (Å²) in [6.45, 7) is 4.60. The van der Waals surface area contributed by atoms with Crippen LogP contribution in [0.1, 0.15) is 17.0 Å². The number of nitrogens with one attached hydrogen (secondary N) is 2. The average molecular weight is 399 g/mol. The number of hydrogen-bond acceptors (Lipinski definition) is 6. The summed E-state index contributed by atoms with van der Waals surface area (Å²) in [5.74, 6) is 3.16. The summed E-state index contributed by atoms with van der Waals surface area (Å²) < 4.78 is 10.7. The summed E-state index contributed by atoms with van der Waals surface area (Å²) in [4.78, 5) is 8.92. The molecule has 7 heteroatoms. The summed E-state index contributed by atoms with van der Waals surface area (Å²) in [6.07, 6.45) is 0. The number of aromatic nitrogens is 2. The Morgan fingerprint density at radius 1 is 0.893 bits per heavy atom. The van der Waals surface area contributed by atoms with E-state index in [-0.39, 0.29) is 0 Å². The molecular formula is C21H23ClN4O2. The molecule has 2 N–H and O–H groups in total. The van der Waals surface area contributed by atoms with Crippen LogP contribution in [0.25, 0.3) is 0 Å². The Balaban J connectivity index is 1.80. The van der Waals surface area contributed by atoms with E-state index >= 15 is 0 Å². The highest BCUT2D eigenvalue weighted by atomic mass is 35.5. The Morgan fingerprint density at radius 2 is 1.57 bits per heavy atom. The SMILES string of the molecule is COc1cc(Nc2cc(NCc3ccc(C)cc3)nc(C)n2)c(OC)cc1Cl. The molecule has 0 spiro atoms. The van der Waals surface area contributed by atoms with Crippen LogP contribution in [0.4, 0.5) is 17.3 Å². The zero-order chi connectivity index (χ0) is 20.1. The lowest BCUT2D eigenvalue weighted by molar-refractivity contribution is 0.405. The first-order valence-corrected chi connectivity index (χ1v) is 9.20. The lowest BCUT2D eigenvalue weighted by Gasteiger charge is -2.14. The van der Waals surface area contributed by atoms with Gasteiger partial charge in [0.1, 0.15) is 29.0 Å². The zero-order valence-corrected chi connectivity index (χ0v) is 17.1. The third-order valence-corrected chi connectivity index (χ3v) is 4.46. The Morgan fingerprint density at radius 3 is 2.25 bits per heavy atom. The van der Waals surface area contributed by atoms with Crippen molar-refractivity contribution in [1.82, 2.24) is 9.97 Å². The quantitative estimate of drug-likeness (QED) is 0.575. The van der Waals surface area contributed by atoms with Gasteiger partial charge in [-0.2, -0.15) is 0 Å². The summed E-state index contributed by atoms with van der Waals surface area (Å²) in [5, 5.41) is 7.07. The number of rotatable bonds is 7. The maximum Gasteiger partial charge on any atom is 0.144 e. The number of anilines is 3. The standard InChI is InChI=1S/C21H23ClN4O2/c1-13-5-7-15(8-6-13)12-23-20-11-21(25-14(2)24-20)26-17-10-18(27-3)16(22)9-19(17)28-4/h5-11H,12H2,1-4H3,(H2,23,24,25,26). The number of benzene rings is 2. The van der Waals surface area contributed by atoms with Crippen molar-refractivity contribution in [3.05, 3.63) is 64.4 Å². The molecule has 146 valence electrons. The molecule has 0 saturated carbocycles. The molecule has 6 nitrogen and oxygen atoms in total. The van der Waals surface area contributed by atoms with Crippen LogP contribution in [0.2, 0.25) is 5.02 Å². The second-order valence-corrected chi connectivity index (χ2v) is 6.74. The van der Waals surface area contributed by atoms with Crippen molar-refractivity contribution < 1.29 is 9.47 Å². The number of hydrogen-bond donors (Lipinski definition) is 2. The summed E-state index contributed by atoms with van der Waals surface area (Å²) in [7, 11) is 3.16. The van der Waals surface area contributed by atoms with Crippen molar-refractivity contribution in [3.8, 4) is 11.5 Å². The molecule has 28 heavy (non-hydrogen) atoms. The van der Waals surface area contributed by atoms with Gasteiger partial charge in [-0.3, -0.25) is 0 Å². The van der Waals surface area contributed by atoms with E-state index in [1.165, 1.54) is 11.1 Å². The molecule has 0 saturated heterocycles. The van der Waals surface area contributed by atoms with Gasteiger partial charge in [0.05, 0.1) is 24.9 Å². The van der Waals surface area contributed by atoms with Crippen molar-refractivity contribution in [2.24, 2.45) is 0 Å². The lowest BCUT2D eigenvalue weighted by Crippen LogP contribution is -2.05. The van der Waals surface area contributed by atoms with Gasteiger partial charge in [0, 0.05) is 24.7 Å². The predicted octanol–water partition coefficient (Wildman–Crippen LogP) is 5.12. The molecule has 0 radical (unpaired) electrons. The van der Waals surface area contributed by atoms with Gasteiger partial charge in [-0.15, -0.1) is 0 Å². The topological polar surface area (TPSA) is 68.3 Å². The molecule has 0 fully saturated rings. The highest BCUT2D eigenvalue weighted by Crippen LogP contribution is 2.37. The lowest BCUT2D eigenvalue weighted by atomic mass is 10.1. The molecule has 0 aliphatic rings. The van der Waals surface area contributed by atoms with Crippen molar-refractivity contribution in [1.29, 1.82) is 0 Å². The summed E-state index contributed by atoms with van der Waals surface area (Å²) in [6, 6.07) is 13.7. The minimum absolute atomic E-state index is 0.476. The first-order chi connectivity index (χ1) is 13.5. The summed E-state index contributed by atoms with van der Waals surface area (Å²) in [5.41, 5.74) is 3.12. The molecular weight excluding hydrogens is 376 g/mol. The van der Waals surface area contributed by atoms with E-state index in [1.54, 1.807) is 26.4 Å². The molecule has 0 atom stereocenters. The second-order valence-electron chi connectivity index (χ2n) is 6.34. The van der Waals surface area contributed by atoms with Crippen molar-refractivity contribution in [2.75, 3.05) is 24.9 Å². The number of aryl methyl sites for hydroxylation is 2. The maximum atomic E-state index is 6.17. The number of ether oxygens (including phenoxy) is 2. The fourth-order valence-corrected chi connectivity index (χ4v) is 2.95. The minimum Gasteiger partial charge on any atom is -0.495 e. The number of nitrogens with zero attached hydrogens (tertiary/aromatic N) is 2. The number of methoxy groups -OCH3 is 2. The van der Waals surface area contributed by atoms with Crippen LogP contribution in [-0.4, -0.2) is 24.2 Å². The van der Waals surface area contributed by atoms with Crippen LogP contribution in [0.15, 0.2) is 42.5 Å². The Bertz CT molecular complexity index is 961. The Labute approximate surface area is 169 Å². The van der Waals surface area contributed by atoms with Crippen LogP contribution >= 0.6 is 11.6 Å². The third kappa shape index (κ3) is 4.84. The van der Waals surface area contributed by atoms with Crippen molar-refractivity contribution in [2.45, 2.75) is 20.4 Å².